The van der Waals surface area contributed by atoms with Crippen molar-refractivity contribution < 1.29 is 24.2 Å². The summed E-state index contributed by atoms with van der Waals surface area (Å²) in [5.41, 5.74) is 4.99. The third-order valence-corrected chi connectivity index (χ3v) is 3.18. The molecule has 0 aliphatic heterocycles. The molecule has 3 amide bonds. The molecule has 0 rings (SSSR count). The minimum Gasteiger partial charge on any atom is -0.480 e. The molecule has 0 aromatic heterocycles. The van der Waals surface area contributed by atoms with E-state index in [0.29, 0.717) is 13.2 Å². The SMILES string of the molecule is CCC(CC)N(CCOC)C(=O)NC(CC(N)=O)C(=O)O. The van der Waals surface area contributed by atoms with Crippen LogP contribution in [0.4, 0.5) is 4.79 Å². The zero-order valence-corrected chi connectivity index (χ0v) is 12.8. The van der Waals surface area contributed by atoms with E-state index in [4.69, 9.17) is 15.6 Å². The molecule has 122 valence electrons. The number of aliphatic carboxylic acids is 1. The lowest BCUT2D eigenvalue weighted by atomic mass is 10.1. The number of ether oxygens (including phenoxy) is 1. The Morgan fingerprint density at radius 3 is 2.24 bits per heavy atom. The second-order valence-electron chi connectivity index (χ2n) is 4.67. The number of nitrogens with zero attached hydrogens (tertiary/aromatic N) is 1. The van der Waals surface area contributed by atoms with E-state index < -0.39 is 30.4 Å². The summed E-state index contributed by atoms with van der Waals surface area (Å²) >= 11 is 0. The molecule has 4 N–H and O–H groups in total. The number of carboxylic acids is 1. The Bertz CT molecular complexity index is 358. The van der Waals surface area contributed by atoms with Gasteiger partial charge < -0.3 is 25.8 Å². The first-order chi connectivity index (χ1) is 9.87. The number of methoxy groups -OCH3 is 1. The fourth-order valence-corrected chi connectivity index (χ4v) is 2.00. The van der Waals surface area contributed by atoms with E-state index in [1.807, 2.05) is 13.8 Å². The molecule has 0 fully saturated rings. The number of carboxylic acid groups (broad SMARTS) is 1. The van der Waals surface area contributed by atoms with Crippen molar-refractivity contribution in [2.24, 2.45) is 5.73 Å². The number of hydrogen-bond acceptors (Lipinski definition) is 4. The van der Waals surface area contributed by atoms with Crippen molar-refractivity contribution in [1.82, 2.24) is 10.2 Å². The zero-order valence-electron chi connectivity index (χ0n) is 12.8. The molecule has 0 saturated carbocycles. The van der Waals surface area contributed by atoms with E-state index in [1.54, 1.807) is 0 Å². The summed E-state index contributed by atoms with van der Waals surface area (Å²) in [6, 6.07) is -1.88. The summed E-state index contributed by atoms with van der Waals surface area (Å²) in [6.07, 6.45) is 1.03. The molecule has 0 aliphatic carbocycles. The van der Waals surface area contributed by atoms with Gasteiger partial charge in [0.15, 0.2) is 0 Å². The van der Waals surface area contributed by atoms with Crippen LogP contribution in [0.25, 0.3) is 0 Å². The average molecular weight is 303 g/mol. The lowest BCUT2D eigenvalue weighted by molar-refractivity contribution is -0.141. The van der Waals surface area contributed by atoms with E-state index in [9.17, 15) is 14.4 Å². The van der Waals surface area contributed by atoms with Crippen molar-refractivity contribution in [3.8, 4) is 0 Å². The number of nitrogens with two attached hydrogens (primary N) is 1. The van der Waals surface area contributed by atoms with Crippen LogP contribution in [0.1, 0.15) is 33.1 Å². The third kappa shape index (κ3) is 6.94. The number of urea groups is 1. The van der Waals surface area contributed by atoms with Crippen molar-refractivity contribution in [1.29, 1.82) is 0 Å². The van der Waals surface area contributed by atoms with Gasteiger partial charge in [0.05, 0.1) is 13.0 Å². The molecule has 8 nitrogen and oxygen atoms in total. The molecule has 0 aromatic rings. The van der Waals surface area contributed by atoms with Gasteiger partial charge >= 0.3 is 12.0 Å². The summed E-state index contributed by atoms with van der Waals surface area (Å²) in [4.78, 5) is 35.7. The number of carbonyl (C=O) groups is 3. The largest absolute Gasteiger partial charge is 0.480 e. The van der Waals surface area contributed by atoms with Crippen LogP contribution in [0, 0.1) is 0 Å². The van der Waals surface area contributed by atoms with Gasteiger partial charge in [0.1, 0.15) is 6.04 Å². The number of nitrogens with one attached hydrogen (secondary N) is 1. The molecule has 0 aromatic carbocycles. The summed E-state index contributed by atoms with van der Waals surface area (Å²) < 4.78 is 4.97. The number of rotatable bonds is 10. The summed E-state index contributed by atoms with van der Waals surface area (Å²) in [7, 11) is 1.52. The highest BCUT2D eigenvalue weighted by Crippen LogP contribution is 2.09. The van der Waals surface area contributed by atoms with Crippen LogP contribution in [-0.2, 0) is 14.3 Å². The van der Waals surface area contributed by atoms with Crippen LogP contribution in [0.3, 0.4) is 0 Å². The maximum Gasteiger partial charge on any atom is 0.326 e. The first-order valence-electron chi connectivity index (χ1n) is 6.94. The monoisotopic (exact) mass is 303 g/mol. The first kappa shape index (κ1) is 19.2. The van der Waals surface area contributed by atoms with Crippen LogP contribution >= 0.6 is 0 Å². The lowest BCUT2D eigenvalue weighted by Crippen LogP contribution is -2.52. The Morgan fingerprint density at radius 2 is 1.86 bits per heavy atom. The molecule has 1 atom stereocenters. The van der Waals surface area contributed by atoms with Gasteiger partial charge in [-0.05, 0) is 12.8 Å². The van der Waals surface area contributed by atoms with E-state index in [-0.39, 0.29) is 6.04 Å². The predicted octanol–water partition coefficient (Wildman–Crippen LogP) is 0.162. The van der Waals surface area contributed by atoms with Crippen molar-refractivity contribution in [3.05, 3.63) is 0 Å². The molecule has 0 aliphatic rings. The van der Waals surface area contributed by atoms with E-state index in [1.165, 1.54) is 12.0 Å². The fourth-order valence-electron chi connectivity index (χ4n) is 2.00. The Kier molecular flexibility index (Phi) is 9.11. The smallest absolute Gasteiger partial charge is 0.326 e. The number of primary amides is 1. The molecule has 21 heavy (non-hydrogen) atoms. The molecule has 1 unspecified atom stereocenters. The number of hydrogen-bond donors (Lipinski definition) is 3. The normalized spacial score (nSPS) is 12.0. The molecule has 8 heteroatoms. The van der Waals surface area contributed by atoms with Gasteiger partial charge in [0.25, 0.3) is 0 Å². The van der Waals surface area contributed by atoms with Crippen LogP contribution in [0.5, 0.6) is 0 Å². The Morgan fingerprint density at radius 1 is 1.29 bits per heavy atom. The van der Waals surface area contributed by atoms with E-state index in [2.05, 4.69) is 5.32 Å². The second kappa shape index (κ2) is 9.98. The van der Waals surface area contributed by atoms with Crippen LogP contribution in [0.15, 0.2) is 0 Å². The van der Waals surface area contributed by atoms with Crippen molar-refractivity contribution in [3.63, 3.8) is 0 Å². The van der Waals surface area contributed by atoms with Gasteiger partial charge in [-0.1, -0.05) is 13.8 Å². The lowest BCUT2D eigenvalue weighted by Gasteiger charge is -2.31. The van der Waals surface area contributed by atoms with Gasteiger partial charge in [0, 0.05) is 19.7 Å². The molecular formula is C13H25N3O5. The standard InChI is InChI=1S/C13H25N3O5/c1-4-9(5-2)16(6-7-21-3)13(20)15-10(12(18)19)8-11(14)17/h9-10H,4-8H2,1-3H3,(H2,14,17)(H,15,20)(H,18,19). The maximum absolute atomic E-state index is 12.2. The molecule has 0 spiro atoms. The van der Waals surface area contributed by atoms with Crippen LogP contribution in [0.2, 0.25) is 0 Å². The summed E-state index contributed by atoms with van der Waals surface area (Å²) in [5.74, 6) is -2.08. The molecule has 0 bridgehead atoms. The molecule has 0 heterocycles. The molecular weight excluding hydrogens is 278 g/mol. The van der Waals surface area contributed by atoms with Crippen molar-refractivity contribution in [2.45, 2.75) is 45.2 Å². The minimum absolute atomic E-state index is 0.0248. The highest BCUT2D eigenvalue weighted by Gasteiger charge is 2.27. The second-order valence-corrected chi connectivity index (χ2v) is 4.67. The fraction of sp³-hybridized carbons (Fsp3) is 0.769. The maximum atomic E-state index is 12.2. The molecule has 0 radical (unpaired) electrons. The van der Waals surface area contributed by atoms with E-state index in [0.717, 1.165) is 12.8 Å². The number of amides is 3. The summed E-state index contributed by atoms with van der Waals surface area (Å²) in [6.45, 7) is 4.58. The van der Waals surface area contributed by atoms with E-state index >= 15 is 0 Å². The topological polar surface area (TPSA) is 122 Å². The Hall–Kier alpha value is -1.83. The predicted molar refractivity (Wildman–Crippen MR) is 76.7 cm³/mol. The minimum atomic E-state index is -1.32. The van der Waals surface area contributed by atoms with Gasteiger partial charge in [-0.25, -0.2) is 9.59 Å². The average Bonchev–Trinajstić information content (AvgIpc) is 2.41. The quantitative estimate of drug-likeness (QED) is 0.530. The Labute approximate surface area is 124 Å². The third-order valence-electron chi connectivity index (χ3n) is 3.18. The Balaban J connectivity index is 4.91. The van der Waals surface area contributed by atoms with Crippen molar-refractivity contribution >= 4 is 17.9 Å². The van der Waals surface area contributed by atoms with Gasteiger partial charge in [-0.2, -0.15) is 0 Å². The first-order valence-corrected chi connectivity index (χ1v) is 6.94. The highest BCUT2D eigenvalue weighted by molar-refractivity contribution is 5.87. The molecule has 0 saturated heterocycles. The van der Waals surface area contributed by atoms with Crippen molar-refractivity contribution in [2.75, 3.05) is 20.3 Å². The zero-order chi connectivity index (χ0) is 16.4. The summed E-state index contributed by atoms with van der Waals surface area (Å²) in [5, 5.41) is 11.4. The van der Waals surface area contributed by atoms with Crippen LogP contribution in [-0.4, -0.2) is 60.3 Å². The van der Waals surface area contributed by atoms with Crippen LogP contribution < -0.4 is 11.1 Å². The van der Waals surface area contributed by atoms with Gasteiger partial charge in [-0.15, -0.1) is 0 Å². The van der Waals surface area contributed by atoms with Gasteiger partial charge in [-0.3, -0.25) is 4.79 Å². The van der Waals surface area contributed by atoms with Gasteiger partial charge in [0.2, 0.25) is 5.91 Å². The number of carbonyl (C=O) groups excluding carboxylic acids is 2. The highest BCUT2D eigenvalue weighted by atomic mass is 16.5.